The first-order valence-corrected chi connectivity index (χ1v) is 15.6. The summed E-state index contributed by atoms with van der Waals surface area (Å²) in [7, 11) is -4.22. The number of methoxy groups -OCH3 is 2. The van der Waals surface area contributed by atoms with E-state index < -0.39 is 20.0 Å². The maximum Gasteiger partial charge on any atom is 0.243 e. The van der Waals surface area contributed by atoms with Gasteiger partial charge in [-0.25, -0.2) is 16.8 Å². The van der Waals surface area contributed by atoms with Crippen LogP contribution in [0.5, 0.6) is 11.5 Å². The number of rotatable bonds is 10. The number of nitrogens with one attached hydrogen (secondary N) is 1. The standard InChI is InChI=1S/C26H35N3O7S2/c1-35-24-10-9-23(19-25(24)36-2)38(33,34)29-17-12-21(13-18-29)26(30)27-14-11-20-5-7-22(8-6-20)37(31,32)28-15-3-4-16-28/h5-10,19,21H,3-4,11-18H2,1-2H3,(H,27,30). The molecular formula is C26H35N3O7S2. The van der Waals surface area contributed by atoms with Crippen LogP contribution in [-0.4, -0.2) is 78.3 Å². The zero-order valence-corrected chi connectivity index (χ0v) is 23.4. The van der Waals surface area contributed by atoms with Gasteiger partial charge in [0, 0.05) is 44.7 Å². The Bertz CT molecular complexity index is 1330. The molecule has 0 aromatic heterocycles. The molecule has 10 nitrogen and oxygen atoms in total. The van der Waals surface area contributed by atoms with Crippen molar-refractivity contribution in [3.8, 4) is 11.5 Å². The maximum atomic E-state index is 13.1. The van der Waals surface area contributed by atoms with E-state index >= 15 is 0 Å². The summed E-state index contributed by atoms with van der Waals surface area (Å²) in [4.78, 5) is 13.1. The minimum atomic E-state index is -3.72. The molecule has 208 valence electrons. The Morgan fingerprint density at radius 3 is 1.97 bits per heavy atom. The predicted molar refractivity (Wildman–Crippen MR) is 142 cm³/mol. The van der Waals surface area contributed by atoms with E-state index in [9.17, 15) is 21.6 Å². The number of benzene rings is 2. The molecule has 0 radical (unpaired) electrons. The zero-order chi connectivity index (χ0) is 27.3. The summed E-state index contributed by atoms with van der Waals surface area (Å²) >= 11 is 0. The lowest BCUT2D eigenvalue weighted by atomic mass is 9.97. The van der Waals surface area contributed by atoms with Gasteiger partial charge >= 0.3 is 0 Å². The van der Waals surface area contributed by atoms with Crippen molar-refractivity contribution in [1.82, 2.24) is 13.9 Å². The van der Waals surface area contributed by atoms with E-state index in [2.05, 4.69) is 5.32 Å². The van der Waals surface area contributed by atoms with Crippen LogP contribution in [0, 0.1) is 5.92 Å². The molecule has 0 aliphatic carbocycles. The van der Waals surface area contributed by atoms with Crippen molar-refractivity contribution < 1.29 is 31.1 Å². The largest absolute Gasteiger partial charge is 0.493 e. The molecule has 0 saturated carbocycles. The molecule has 0 unspecified atom stereocenters. The number of nitrogens with zero attached hydrogens (tertiary/aromatic N) is 2. The number of carbonyl (C=O) groups is 1. The number of amides is 1. The molecular weight excluding hydrogens is 530 g/mol. The molecule has 0 spiro atoms. The van der Waals surface area contributed by atoms with Crippen molar-refractivity contribution >= 4 is 26.0 Å². The fourth-order valence-corrected chi connectivity index (χ4v) is 7.87. The van der Waals surface area contributed by atoms with Gasteiger partial charge in [0.1, 0.15) is 0 Å². The van der Waals surface area contributed by atoms with Crippen molar-refractivity contribution in [2.45, 2.75) is 41.9 Å². The fourth-order valence-electron chi connectivity index (χ4n) is 4.86. The minimum Gasteiger partial charge on any atom is -0.493 e. The molecule has 2 aromatic rings. The molecule has 1 amide bonds. The summed E-state index contributed by atoms with van der Waals surface area (Å²) in [6.45, 7) is 2.05. The highest BCUT2D eigenvalue weighted by molar-refractivity contribution is 7.89. The second kappa shape index (κ2) is 12.0. The zero-order valence-electron chi connectivity index (χ0n) is 21.8. The van der Waals surface area contributed by atoms with Crippen LogP contribution in [-0.2, 0) is 31.3 Å². The molecule has 38 heavy (non-hydrogen) atoms. The van der Waals surface area contributed by atoms with Crippen molar-refractivity contribution in [2.24, 2.45) is 5.92 Å². The van der Waals surface area contributed by atoms with Crippen molar-refractivity contribution in [1.29, 1.82) is 0 Å². The molecule has 12 heteroatoms. The van der Waals surface area contributed by atoms with Crippen molar-refractivity contribution in [2.75, 3.05) is 46.9 Å². The Morgan fingerprint density at radius 2 is 1.37 bits per heavy atom. The molecule has 2 aliphatic rings. The Morgan fingerprint density at radius 1 is 0.816 bits per heavy atom. The first-order valence-electron chi connectivity index (χ1n) is 12.8. The molecule has 2 aromatic carbocycles. The number of sulfonamides is 2. The van der Waals surface area contributed by atoms with Gasteiger partial charge in [-0.3, -0.25) is 4.79 Å². The third-order valence-corrected chi connectivity index (χ3v) is 11.0. The molecule has 2 fully saturated rings. The molecule has 4 rings (SSSR count). The summed E-state index contributed by atoms with van der Waals surface area (Å²) in [5, 5.41) is 2.94. The van der Waals surface area contributed by atoms with Gasteiger partial charge in [-0.2, -0.15) is 8.61 Å². The smallest absolute Gasteiger partial charge is 0.243 e. The van der Waals surface area contributed by atoms with Gasteiger partial charge < -0.3 is 14.8 Å². The van der Waals surface area contributed by atoms with Crippen LogP contribution in [0.4, 0.5) is 0 Å². The third-order valence-electron chi connectivity index (χ3n) is 7.16. The fraction of sp³-hybridized carbons (Fsp3) is 0.500. The molecule has 2 saturated heterocycles. The van der Waals surface area contributed by atoms with Gasteiger partial charge in [0.25, 0.3) is 0 Å². The highest BCUT2D eigenvalue weighted by atomic mass is 32.2. The first kappa shape index (κ1) is 28.3. The highest BCUT2D eigenvalue weighted by Crippen LogP contribution is 2.32. The van der Waals surface area contributed by atoms with E-state index in [4.69, 9.17) is 9.47 Å². The maximum absolute atomic E-state index is 13.1. The van der Waals surface area contributed by atoms with Crippen molar-refractivity contribution in [3.63, 3.8) is 0 Å². The lowest BCUT2D eigenvalue weighted by molar-refractivity contribution is -0.126. The SMILES string of the molecule is COc1ccc(S(=O)(=O)N2CCC(C(=O)NCCc3ccc(S(=O)(=O)N4CCCC4)cc3)CC2)cc1OC. The van der Waals surface area contributed by atoms with Crippen molar-refractivity contribution in [3.05, 3.63) is 48.0 Å². The molecule has 2 heterocycles. The van der Waals surface area contributed by atoms with Gasteiger partial charge in [-0.05, 0) is 61.9 Å². The van der Waals surface area contributed by atoms with E-state index in [1.807, 2.05) is 0 Å². The number of hydrogen-bond donors (Lipinski definition) is 1. The van der Waals surface area contributed by atoms with Gasteiger partial charge in [0.05, 0.1) is 24.0 Å². The van der Waals surface area contributed by atoms with Gasteiger partial charge in [0.15, 0.2) is 11.5 Å². The molecule has 0 bridgehead atoms. The van der Waals surface area contributed by atoms with E-state index in [0.29, 0.717) is 55.3 Å². The average molecular weight is 566 g/mol. The Hall–Kier alpha value is -2.67. The molecule has 2 aliphatic heterocycles. The van der Waals surface area contributed by atoms with E-state index in [1.165, 1.54) is 35.0 Å². The third kappa shape index (κ3) is 6.14. The summed E-state index contributed by atoms with van der Waals surface area (Å²) < 4.78 is 64.9. The Labute approximate surface area is 225 Å². The number of carbonyl (C=O) groups excluding carboxylic acids is 1. The summed E-state index contributed by atoms with van der Waals surface area (Å²) in [6.07, 6.45) is 3.22. The average Bonchev–Trinajstić information content (AvgIpc) is 3.49. The van der Waals surface area contributed by atoms with Crippen LogP contribution >= 0.6 is 0 Å². The summed E-state index contributed by atoms with van der Waals surface area (Å²) in [5.74, 6) is 0.428. The Balaban J connectivity index is 1.25. The van der Waals surface area contributed by atoms with Gasteiger partial charge in [-0.1, -0.05) is 12.1 Å². The quantitative estimate of drug-likeness (QED) is 0.469. The monoisotopic (exact) mass is 565 g/mol. The second-order valence-corrected chi connectivity index (χ2v) is 13.4. The first-order chi connectivity index (χ1) is 18.2. The van der Waals surface area contributed by atoms with E-state index in [0.717, 1.165) is 18.4 Å². The lowest BCUT2D eigenvalue weighted by Gasteiger charge is -2.30. The van der Waals surface area contributed by atoms with Crippen LogP contribution < -0.4 is 14.8 Å². The van der Waals surface area contributed by atoms with Crippen LogP contribution in [0.25, 0.3) is 0 Å². The normalized spacial score (nSPS) is 17.8. The number of hydrogen-bond acceptors (Lipinski definition) is 7. The number of ether oxygens (including phenoxy) is 2. The van der Waals surface area contributed by atoms with Crippen LogP contribution in [0.3, 0.4) is 0 Å². The van der Waals surface area contributed by atoms with Gasteiger partial charge in [0.2, 0.25) is 26.0 Å². The summed E-state index contributed by atoms with van der Waals surface area (Å²) in [6, 6.07) is 11.3. The molecule has 1 N–H and O–H groups in total. The van der Waals surface area contributed by atoms with Crippen LogP contribution in [0.1, 0.15) is 31.2 Å². The number of piperidine rings is 1. The van der Waals surface area contributed by atoms with Gasteiger partial charge in [-0.15, -0.1) is 0 Å². The van der Waals surface area contributed by atoms with Crippen LogP contribution in [0.15, 0.2) is 52.3 Å². The predicted octanol–water partition coefficient (Wildman–Crippen LogP) is 2.25. The topological polar surface area (TPSA) is 122 Å². The van der Waals surface area contributed by atoms with E-state index in [-0.39, 0.29) is 29.8 Å². The lowest BCUT2D eigenvalue weighted by Crippen LogP contribution is -2.43. The minimum absolute atomic E-state index is 0.0959. The second-order valence-electron chi connectivity index (χ2n) is 9.49. The van der Waals surface area contributed by atoms with Crippen LogP contribution in [0.2, 0.25) is 0 Å². The highest BCUT2D eigenvalue weighted by Gasteiger charge is 2.32. The Kier molecular flexibility index (Phi) is 8.96. The van der Waals surface area contributed by atoms with E-state index in [1.54, 1.807) is 30.3 Å². The summed E-state index contributed by atoms with van der Waals surface area (Å²) in [5.41, 5.74) is 0.932. The molecule has 0 atom stereocenters.